The third-order valence-electron chi connectivity index (χ3n) is 6.64. The molecule has 0 aromatic heterocycles. The minimum absolute atomic E-state index is 0. The molecule has 0 amide bonds. The number of hydrogen-bond acceptors (Lipinski definition) is 0. The molecule has 0 bridgehead atoms. The summed E-state index contributed by atoms with van der Waals surface area (Å²) in [6.07, 6.45) is 7.19. The Hall–Kier alpha value is -1.06. The zero-order valence-corrected chi connectivity index (χ0v) is 25.2. The molecule has 0 aliphatic heterocycles. The van der Waals surface area contributed by atoms with Crippen LogP contribution in [0.4, 0.5) is 0 Å². The number of halogens is 3. The zero-order valence-electron chi connectivity index (χ0n) is 20.4. The van der Waals surface area contributed by atoms with Gasteiger partial charge in [0.2, 0.25) is 0 Å². The summed E-state index contributed by atoms with van der Waals surface area (Å²) in [5.41, 5.74) is 5.53. The Kier molecular flexibility index (Phi) is 11.2. The molecule has 3 aromatic carbocycles. The van der Waals surface area contributed by atoms with Gasteiger partial charge in [-0.3, -0.25) is 0 Å². The first-order valence-electron chi connectivity index (χ1n) is 11.2. The van der Waals surface area contributed by atoms with Crippen LogP contribution in [0.15, 0.2) is 96.6 Å². The van der Waals surface area contributed by atoms with Crippen LogP contribution >= 0.6 is 0 Å². The summed E-state index contributed by atoms with van der Waals surface area (Å²) in [6, 6.07) is 27.9. The molecule has 0 saturated heterocycles. The summed E-state index contributed by atoms with van der Waals surface area (Å²) < 4.78 is -0.0451. The molecule has 34 heavy (non-hydrogen) atoms. The van der Waals surface area contributed by atoms with Gasteiger partial charge in [-0.25, -0.2) is 0 Å². The van der Waals surface area contributed by atoms with Gasteiger partial charge in [0.15, 0.2) is 0 Å². The average Bonchev–Trinajstić information content (AvgIpc) is 3.12. The predicted molar refractivity (Wildman–Crippen MR) is 133 cm³/mol. The molecule has 0 radical (unpaired) electrons. The molecule has 1 unspecified atom stereocenters. The molecule has 0 nitrogen and oxygen atoms in total. The number of hydrogen-bond donors (Lipinski definition) is 0. The van der Waals surface area contributed by atoms with E-state index in [0.717, 1.165) is 0 Å². The van der Waals surface area contributed by atoms with Crippen molar-refractivity contribution < 1.29 is 57.7 Å². The molecule has 176 valence electrons. The molecule has 1 aliphatic carbocycles. The Morgan fingerprint density at radius 3 is 1.38 bits per heavy atom. The Morgan fingerprint density at radius 2 is 1.06 bits per heavy atom. The van der Waals surface area contributed by atoms with E-state index in [9.17, 15) is 0 Å². The fraction of sp³-hybridized carbons (Fsp3) is 0.241. The Balaban J connectivity index is 0.00000193. The summed E-state index contributed by atoms with van der Waals surface area (Å²) in [4.78, 5) is 0. The van der Waals surface area contributed by atoms with Gasteiger partial charge in [0.05, 0.1) is 0 Å². The SMILES string of the molecule is Cc1cccc([Si](c2cccc(C)c2)(c2cccc(C)c2)[C]2([Ti+3])C=CC=C2C(C)C)c1.[Cl-].[Cl-].[Cl-]. The third kappa shape index (κ3) is 5.21. The van der Waals surface area contributed by atoms with Crippen LogP contribution in [0.1, 0.15) is 30.5 Å². The first-order chi connectivity index (χ1) is 14.8. The van der Waals surface area contributed by atoms with Crippen LogP contribution in [-0.4, -0.2) is 8.07 Å². The van der Waals surface area contributed by atoms with Crippen molar-refractivity contribution in [2.24, 2.45) is 5.92 Å². The summed E-state index contributed by atoms with van der Waals surface area (Å²) in [5.74, 6) is 0.492. The van der Waals surface area contributed by atoms with E-state index in [0.29, 0.717) is 5.92 Å². The maximum Gasteiger partial charge on any atom is -1.00 e. The molecule has 1 aliphatic rings. The number of allylic oxidation sites excluding steroid dienone is 4. The van der Waals surface area contributed by atoms with Crippen molar-refractivity contribution in [2.45, 2.75) is 38.0 Å². The second-order valence-corrected chi connectivity index (χ2v) is 15.3. The van der Waals surface area contributed by atoms with Gasteiger partial charge < -0.3 is 37.2 Å². The number of rotatable bonds is 5. The molecule has 0 N–H and O–H groups in total. The minimum atomic E-state index is -2.49. The van der Waals surface area contributed by atoms with Crippen LogP contribution in [0, 0.1) is 26.7 Å². The molecule has 0 heterocycles. The van der Waals surface area contributed by atoms with Crippen molar-refractivity contribution in [1.29, 1.82) is 0 Å². The van der Waals surface area contributed by atoms with Crippen molar-refractivity contribution in [3.63, 3.8) is 0 Å². The van der Waals surface area contributed by atoms with Gasteiger partial charge in [0.25, 0.3) is 0 Å². The van der Waals surface area contributed by atoms with Gasteiger partial charge >= 0.3 is 201 Å². The Morgan fingerprint density at radius 1 is 0.676 bits per heavy atom. The van der Waals surface area contributed by atoms with Crippen molar-refractivity contribution in [2.75, 3.05) is 0 Å². The van der Waals surface area contributed by atoms with Crippen LogP contribution in [0.3, 0.4) is 0 Å². The Labute approximate surface area is 237 Å². The fourth-order valence-corrected chi connectivity index (χ4v) is 14.0. The molecular weight excluding hydrogens is 531 g/mol. The summed E-state index contributed by atoms with van der Waals surface area (Å²) in [5, 5.41) is 4.47. The van der Waals surface area contributed by atoms with E-state index in [-0.39, 0.29) is 40.6 Å². The smallest absolute Gasteiger partial charge is 1.00 e. The number of aryl methyl sites for hydroxylation is 3. The van der Waals surface area contributed by atoms with Crippen molar-refractivity contribution in [1.82, 2.24) is 0 Å². The van der Waals surface area contributed by atoms with E-state index in [1.165, 1.54) is 32.3 Å². The van der Waals surface area contributed by atoms with Crippen molar-refractivity contribution in [3.05, 3.63) is 113 Å². The summed E-state index contributed by atoms with van der Waals surface area (Å²) in [6.45, 7) is 11.4. The average molecular weight is 562 g/mol. The number of benzene rings is 3. The molecule has 1 atom stereocenters. The van der Waals surface area contributed by atoms with Crippen molar-refractivity contribution >= 4 is 23.6 Å². The molecular formula is C29H31Cl3SiTi. The van der Waals surface area contributed by atoms with Gasteiger partial charge in [-0.05, 0) is 0 Å². The van der Waals surface area contributed by atoms with Gasteiger partial charge in [-0.2, -0.15) is 0 Å². The van der Waals surface area contributed by atoms with Crippen molar-refractivity contribution in [3.8, 4) is 0 Å². The molecule has 0 spiro atoms. The topological polar surface area (TPSA) is 0 Å². The van der Waals surface area contributed by atoms with E-state index in [1.54, 1.807) is 5.57 Å². The normalized spacial score (nSPS) is 16.9. The fourth-order valence-electron chi connectivity index (χ4n) is 5.33. The zero-order chi connectivity index (χ0) is 22.2. The molecule has 3 aromatic rings. The molecule has 4 rings (SSSR count). The van der Waals surface area contributed by atoms with E-state index in [1.807, 2.05) is 0 Å². The van der Waals surface area contributed by atoms with E-state index < -0.39 is 8.07 Å². The standard InChI is InChI=1S/C29H31Si.3ClH.Ti/c1-21(2)28-16-9-17-29(28)30(25-13-6-10-22(3)18-25,26-14-7-11-23(4)19-26)27-15-8-12-24(5)20-27;;;;/h6-21H,1-5H3;3*1H;/q;;;;+3/p-3. The van der Waals surface area contributed by atoms with E-state index in [4.69, 9.17) is 0 Å². The van der Waals surface area contributed by atoms with Gasteiger partial charge in [-0.1, -0.05) is 0 Å². The van der Waals surface area contributed by atoms with Crippen LogP contribution < -0.4 is 52.8 Å². The van der Waals surface area contributed by atoms with Gasteiger partial charge in [0.1, 0.15) is 0 Å². The maximum absolute atomic E-state index is 2.50. The summed E-state index contributed by atoms with van der Waals surface area (Å²) >= 11 is 2.50. The van der Waals surface area contributed by atoms with Crippen LogP contribution in [0.5, 0.6) is 0 Å². The third-order valence-corrected chi connectivity index (χ3v) is 14.3. The second kappa shape index (κ2) is 12.3. The largest absolute Gasteiger partial charge is 1.00 e. The Bertz CT molecular complexity index is 1070. The van der Waals surface area contributed by atoms with E-state index >= 15 is 0 Å². The minimum Gasteiger partial charge on any atom is -1.00 e. The predicted octanol–water partition coefficient (Wildman–Crippen LogP) is -3.51. The maximum atomic E-state index is 2.50. The molecule has 5 heteroatoms. The van der Waals surface area contributed by atoms with Gasteiger partial charge in [0, 0.05) is 0 Å². The monoisotopic (exact) mass is 560 g/mol. The summed E-state index contributed by atoms with van der Waals surface area (Å²) in [7, 11) is -2.49. The molecule has 0 fully saturated rings. The van der Waals surface area contributed by atoms with Crippen LogP contribution in [0.2, 0.25) is 3.34 Å². The first-order valence-corrected chi connectivity index (χ1v) is 13.9. The van der Waals surface area contributed by atoms with Crippen LogP contribution in [-0.2, 0) is 20.4 Å². The first kappa shape index (κ1) is 31.0. The second-order valence-electron chi connectivity index (χ2n) is 9.30. The molecule has 0 saturated carbocycles. The quantitative estimate of drug-likeness (QED) is 0.224. The van der Waals surface area contributed by atoms with Crippen LogP contribution in [0.25, 0.3) is 0 Å². The van der Waals surface area contributed by atoms with Gasteiger partial charge in [-0.15, -0.1) is 0 Å². The van der Waals surface area contributed by atoms with E-state index in [2.05, 4.69) is 146 Å².